The van der Waals surface area contributed by atoms with Crippen molar-refractivity contribution in [1.29, 1.82) is 0 Å². The van der Waals surface area contributed by atoms with Crippen LogP contribution in [0.3, 0.4) is 0 Å². The van der Waals surface area contributed by atoms with Gasteiger partial charge in [-0.15, -0.1) is 0 Å². The van der Waals surface area contributed by atoms with Crippen molar-refractivity contribution >= 4 is 19.7 Å². The van der Waals surface area contributed by atoms with Crippen LogP contribution in [0.2, 0.25) is 0 Å². The summed E-state index contributed by atoms with van der Waals surface area (Å²) in [5.41, 5.74) is 2.14. The minimum Gasteiger partial charge on any atom is -0.496 e. The highest BCUT2D eigenvalue weighted by Crippen LogP contribution is 2.32. The fourth-order valence-electron chi connectivity index (χ4n) is 2.17. The SMILES string of the molecule is COc1cccc2c1CCC(S(=O)(=O)Cl)C2. The molecular weight excluding hydrogens is 248 g/mol. The summed E-state index contributed by atoms with van der Waals surface area (Å²) in [5, 5.41) is -0.464. The Labute approximate surface area is 99.8 Å². The first kappa shape index (κ1) is 11.7. The third-order valence-electron chi connectivity index (χ3n) is 3.01. The second-order valence-corrected chi connectivity index (χ2v) is 6.85. The van der Waals surface area contributed by atoms with Gasteiger partial charge in [0.1, 0.15) is 5.75 Å². The van der Waals surface area contributed by atoms with Crippen molar-refractivity contribution in [3.8, 4) is 5.75 Å². The molecule has 1 aliphatic rings. The van der Waals surface area contributed by atoms with Gasteiger partial charge in [-0.1, -0.05) is 12.1 Å². The molecule has 3 nitrogen and oxygen atoms in total. The van der Waals surface area contributed by atoms with Crippen LogP contribution in [0.1, 0.15) is 17.5 Å². The molecule has 0 spiro atoms. The molecule has 0 saturated heterocycles. The second-order valence-electron chi connectivity index (χ2n) is 3.94. The van der Waals surface area contributed by atoms with E-state index in [4.69, 9.17) is 15.4 Å². The Morgan fingerprint density at radius 2 is 2.19 bits per heavy atom. The molecule has 0 amide bonds. The molecule has 0 fully saturated rings. The Kier molecular flexibility index (Phi) is 3.13. The first-order valence-electron chi connectivity index (χ1n) is 5.10. The number of methoxy groups -OCH3 is 1. The third-order valence-corrected chi connectivity index (χ3v) is 4.97. The van der Waals surface area contributed by atoms with E-state index in [0.717, 1.165) is 16.9 Å². The third kappa shape index (κ3) is 2.18. The molecule has 16 heavy (non-hydrogen) atoms. The van der Waals surface area contributed by atoms with Crippen LogP contribution in [0, 0.1) is 0 Å². The monoisotopic (exact) mass is 260 g/mol. The average molecular weight is 261 g/mol. The molecule has 0 bridgehead atoms. The highest BCUT2D eigenvalue weighted by Gasteiger charge is 2.29. The summed E-state index contributed by atoms with van der Waals surface area (Å²) in [6.45, 7) is 0. The van der Waals surface area contributed by atoms with Crippen molar-refractivity contribution in [3.63, 3.8) is 0 Å². The van der Waals surface area contributed by atoms with Crippen molar-refractivity contribution < 1.29 is 13.2 Å². The van der Waals surface area contributed by atoms with E-state index in [1.807, 2.05) is 18.2 Å². The lowest BCUT2D eigenvalue weighted by Gasteiger charge is -2.23. The number of hydrogen-bond donors (Lipinski definition) is 0. The summed E-state index contributed by atoms with van der Waals surface area (Å²) in [6, 6.07) is 5.71. The largest absolute Gasteiger partial charge is 0.496 e. The van der Waals surface area contributed by atoms with Crippen LogP contribution in [-0.2, 0) is 21.9 Å². The average Bonchev–Trinajstić information content (AvgIpc) is 2.26. The van der Waals surface area contributed by atoms with Gasteiger partial charge in [0.05, 0.1) is 12.4 Å². The van der Waals surface area contributed by atoms with Gasteiger partial charge in [-0.2, -0.15) is 0 Å². The molecule has 2 rings (SSSR count). The first-order chi connectivity index (χ1) is 7.52. The van der Waals surface area contributed by atoms with E-state index in [2.05, 4.69) is 0 Å². The Morgan fingerprint density at radius 3 is 2.81 bits per heavy atom. The second kappa shape index (κ2) is 4.26. The maximum absolute atomic E-state index is 11.3. The van der Waals surface area contributed by atoms with Crippen LogP contribution >= 0.6 is 10.7 Å². The van der Waals surface area contributed by atoms with Gasteiger partial charge in [0, 0.05) is 10.7 Å². The zero-order valence-corrected chi connectivity index (χ0v) is 10.5. The number of halogens is 1. The van der Waals surface area contributed by atoms with E-state index in [-0.39, 0.29) is 0 Å². The smallest absolute Gasteiger partial charge is 0.235 e. The van der Waals surface area contributed by atoms with Gasteiger partial charge in [0.2, 0.25) is 9.05 Å². The minimum absolute atomic E-state index is 0.464. The molecule has 5 heteroatoms. The van der Waals surface area contributed by atoms with E-state index < -0.39 is 14.3 Å². The Hall–Kier alpha value is -0.740. The van der Waals surface area contributed by atoms with Gasteiger partial charge >= 0.3 is 0 Å². The Balaban J connectivity index is 2.35. The lowest BCUT2D eigenvalue weighted by atomic mass is 9.91. The molecule has 0 N–H and O–H groups in total. The zero-order valence-electron chi connectivity index (χ0n) is 8.94. The minimum atomic E-state index is -3.46. The van der Waals surface area contributed by atoms with Crippen LogP contribution in [0.15, 0.2) is 18.2 Å². The van der Waals surface area contributed by atoms with Gasteiger partial charge in [0.15, 0.2) is 0 Å². The molecule has 88 valence electrons. The molecule has 1 aromatic rings. The van der Waals surface area contributed by atoms with Gasteiger partial charge in [0.25, 0.3) is 0 Å². The number of ether oxygens (including phenoxy) is 1. The fourth-order valence-corrected chi connectivity index (χ4v) is 3.40. The van der Waals surface area contributed by atoms with Crippen LogP contribution in [0.5, 0.6) is 5.75 Å². The number of rotatable bonds is 2. The topological polar surface area (TPSA) is 43.4 Å². The van der Waals surface area contributed by atoms with Crippen LogP contribution in [0.25, 0.3) is 0 Å². The van der Waals surface area contributed by atoms with Crippen molar-refractivity contribution in [3.05, 3.63) is 29.3 Å². The number of fused-ring (bicyclic) bond motifs is 1. The van der Waals surface area contributed by atoms with Crippen molar-refractivity contribution in [1.82, 2.24) is 0 Å². The van der Waals surface area contributed by atoms with Crippen LogP contribution in [0.4, 0.5) is 0 Å². The van der Waals surface area contributed by atoms with E-state index in [1.165, 1.54) is 0 Å². The normalized spacial score (nSPS) is 20.2. The molecule has 0 saturated carbocycles. The van der Waals surface area contributed by atoms with Gasteiger partial charge in [-0.3, -0.25) is 0 Å². The molecule has 1 aliphatic carbocycles. The lowest BCUT2D eigenvalue weighted by molar-refractivity contribution is 0.406. The maximum Gasteiger partial charge on any atom is 0.235 e. The predicted molar refractivity (Wildman–Crippen MR) is 63.6 cm³/mol. The van der Waals surface area contributed by atoms with Gasteiger partial charge < -0.3 is 4.74 Å². The quantitative estimate of drug-likeness (QED) is 0.765. The Bertz CT molecular complexity index is 496. The van der Waals surface area contributed by atoms with E-state index in [1.54, 1.807) is 7.11 Å². The standard InChI is InChI=1S/C11H13ClO3S/c1-15-11-4-2-3-8-7-9(16(12,13)14)5-6-10(8)11/h2-4,9H,5-7H2,1H3. The summed E-state index contributed by atoms with van der Waals surface area (Å²) < 4.78 is 27.8. The molecule has 0 heterocycles. The summed E-state index contributed by atoms with van der Waals surface area (Å²) >= 11 is 0. The fraction of sp³-hybridized carbons (Fsp3) is 0.455. The van der Waals surface area contributed by atoms with Crippen LogP contribution < -0.4 is 4.74 Å². The van der Waals surface area contributed by atoms with Crippen molar-refractivity contribution in [2.45, 2.75) is 24.5 Å². The van der Waals surface area contributed by atoms with E-state index in [0.29, 0.717) is 19.3 Å². The van der Waals surface area contributed by atoms with Gasteiger partial charge in [-0.25, -0.2) is 8.42 Å². The molecule has 1 aromatic carbocycles. The van der Waals surface area contributed by atoms with E-state index in [9.17, 15) is 8.42 Å². The number of benzene rings is 1. The molecule has 1 atom stereocenters. The molecule has 0 radical (unpaired) electrons. The molecule has 1 unspecified atom stereocenters. The van der Waals surface area contributed by atoms with Crippen molar-refractivity contribution in [2.24, 2.45) is 0 Å². The molecule has 0 aromatic heterocycles. The lowest BCUT2D eigenvalue weighted by Crippen LogP contribution is -2.25. The maximum atomic E-state index is 11.3. The van der Waals surface area contributed by atoms with Crippen molar-refractivity contribution in [2.75, 3.05) is 7.11 Å². The summed E-state index contributed by atoms with van der Waals surface area (Å²) in [4.78, 5) is 0. The highest BCUT2D eigenvalue weighted by molar-refractivity contribution is 8.14. The molecular formula is C11H13ClO3S. The highest BCUT2D eigenvalue weighted by atomic mass is 35.7. The zero-order chi connectivity index (χ0) is 11.8. The predicted octanol–water partition coefficient (Wildman–Crippen LogP) is 2.12. The summed E-state index contributed by atoms with van der Waals surface area (Å²) in [5.74, 6) is 0.836. The van der Waals surface area contributed by atoms with Crippen LogP contribution in [-0.4, -0.2) is 20.8 Å². The summed E-state index contributed by atoms with van der Waals surface area (Å²) in [7, 11) is 3.56. The summed E-state index contributed by atoms with van der Waals surface area (Å²) in [6.07, 6.45) is 1.76. The van der Waals surface area contributed by atoms with E-state index >= 15 is 0 Å². The molecule has 0 aliphatic heterocycles. The van der Waals surface area contributed by atoms with Gasteiger partial charge in [-0.05, 0) is 36.5 Å². The Morgan fingerprint density at radius 1 is 1.44 bits per heavy atom. The number of hydrogen-bond acceptors (Lipinski definition) is 3. The first-order valence-corrected chi connectivity index (χ1v) is 7.48.